The van der Waals surface area contributed by atoms with E-state index >= 15 is 0 Å². The monoisotopic (exact) mass is 168 g/mol. The molecule has 0 aromatic rings. The molecule has 0 unspecified atom stereocenters. The number of ether oxygens (including phenoxy) is 1. The molecule has 0 aromatic heterocycles. The molecule has 1 saturated heterocycles. The third-order valence-corrected chi connectivity index (χ3v) is 1.91. The summed E-state index contributed by atoms with van der Waals surface area (Å²) in [6.45, 7) is -0.103. The molecule has 0 bridgehead atoms. The van der Waals surface area contributed by atoms with E-state index in [4.69, 9.17) is 0 Å². The minimum atomic E-state index is -4.46. The van der Waals surface area contributed by atoms with Gasteiger partial charge in [0.15, 0.2) is 5.41 Å². The maximum atomic E-state index is 12.1. The van der Waals surface area contributed by atoms with Gasteiger partial charge in [0.1, 0.15) is 5.78 Å². The summed E-state index contributed by atoms with van der Waals surface area (Å²) in [5.41, 5.74) is -2.20. The van der Waals surface area contributed by atoms with Gasteiger partial charge in [-0.2, -0.15) is 13.2 Å². The van der Waals surface area contributed by atoms with E-state index in [0.717, 1.165) is 6.92 Å². The topological polar surface area (TPSA) is 26.3 Å². The van der Waals surface area contributed by atoms with Crippen LogP contribution in [0.3, 0.4) is 0 Å². The molecule has 1 aliphatic heterocycles. The SMILES string of the molecule is CC(=O)C1(C(F)(F)F)COC1. The Bertz CT molecular complexity index is 181. The second-order valence-corrected chi connectivity index (χ2v) is 2.63. The van der Waals surface area contributed by atoms with Crippen molar-refractivity contribution in [1.82, 2.24) is 0 Å². The quantitative estimate of drug-likeness (QED) is 0.587. The zero-order valence-electron chi connectivity index (χ0n) is 5.86. The van der Waals surface area contributed by atoms with Gasteiger partial charge in [0.25, 0.3) is 0 Å². The molecule has 0 atom stereocenters. The third kappa shape index (κ3) is 1.03. The Hall–Kier alpha value is -0.580. The van der Waals surface area contributed by atoms with Gasteiger partial charge in [-0.25, -0.2) is 0 Å². The van der Waals surface area contributed by atoms with Crippen molar-refractivity contribution in [2.24, 2.45) is 5.41 Å². The molecule has 0 amide bonds. The highest BCUT2D eigenvalue weighted by Crippen LogP contribution is 2.44. The number of alkyl halides is 3. The van der Waals surface area contributed by atoms with Crippen LogP contribution in [0.4, 0.5) is 13.2 Å². The van der Waals surface area contributed by atoms with Crippen LogP contribution in [0.1, 0.15) is 6.92 Å². The molecule has 1 heterocycles. The molecule has 0 N–H and O–H groups in total. The van der Waals surface area contributed by atoms with Crippen LogP contribution in [-0.2, 0) is 9.53 Å². The minimum absolute atomic E-state index is 0.522. The number of ketones is 1. The van der Waals surface area contributed by atoms with E-state index in [0.29, 0.717) is 0 Å². The lowest BCUT2D eigenvalue weighted by atomic mass is 9.81. The highest BCUT2D eigenvalue weighted by atomic mass is 19.4. The summed E-state index contributed by atoms with van der Waals surface area (Å²) < 4.78 is 40.7. The fourth-order valence-corrected chi connectivity index (χ4v) is 0.873. The largest absolute Gasteiger partial charge is 0.405 e. The first kappa shape index (κ1) is 8.52. The molecule has 11 heavy (non-hydrogen) atoms. The second kappa shape index (κ2) is 2.20. The van der Waals surface area contributed by atoms with Gasteiger partial charge in [0, 0.05) is 0 Å². The van der Waals surface area contributed by atoms with Gasteiger partial charge in [0.2, 0.25) is 0 Å². The summed E-state index contributed by atoms with van der Waals surface area (Å²) in [5.74, 6) is -0.865. The minimum Gasteiger partial charge on any atom is -0.378 e. The van der Waals surface area contributed by atoms with Crippen molar-refractivity contribution in [3.63, 3.8) is 0 Å². The highest BCUT2D eigenvalue weighted by molar-refractivity contribution is 5.84. The van der Waals surface area contributed by atoms with Crippen LogP contribution in [0, 0.1) is 5.41 Å². The van der Waals surface area contributed by atoms with Gasteiger partial charge in [-0.15, -0.1) is 0 Å². The number of Topliss-reactive ketones (excluding diaryl/α,β-unsaturated/α-hetero) is 1. The molecule has 5 heteroatoms. The number of halogens is 3. The zero-order chi connectivity index (χ0) is 8.70. The zero-order valence-corrected chi connectivity index (χ0v) is 5.86. The maximum Gasteiger partial charge on any atom is 0.405 e. The summed E-state index contributed by atoms with van der Waals surface area (Å²) in [6.07, 6.45) is -4.46. The number of rotatable bonds is 1. The van der Waals surface area contributed by atoms with Gasteiger partial charge >= 0.3 is 6.18 Å². The molecule has 0 radical (unpaired) electrons. The number of carbonyl (C=O) groups excluding carboxylic acids is 1. The summed E-state index contributed by atoms with van der Waals surface area (Å²) in [6, 6.07) is 0. The van der Waals surface area contributed by atoms with Crippen LogP contribution >= 0.6 is 0 Å². The molecule has 2 nitrogen and oxygen atoms in total. The van der Waals surface area contributed by atoms with E-state index in [2.05, 4.69) is 4.74 Å². The summed E-state index contributed by atoms with van der Waals surface area (Å²) in [7, 11) is 0. The number of hydrogen-bond donors (Lipinski definition) is 0. The molecule has 1 aliphatic rings. The van der Waals surface area contributed by atoms with E-state index in [1.807, 2.05) is 0 Å². The molecule has 1 rings (SSSR count). The first-order chi connectivity index (χ1) is 4.90. The van der Waals surface area contributed by atoms with Gasteiger partial charge in [-0.3, -0.25) is 4.79 Å². The first-order valence-electron chi connectivity index (χ1n) is 3.06. The third-order valence-electron chi connectivity index (χ3n) is 1.91. The van der Waals surface area contributed by atoms with Crippen LogP contribution < -0.4 is 0 Å². The van der Waals surface area contributed by atoms with Crippen molar-refractivity contribution in [3.8, 4) is 0 Å². The van der Waals surface area contributed by atoms with E-state index in [1.54, 1.807) is 0 Å². The van der Waals surface area contributed by atoms with Crippen LogP contribution in [0.5, 0.6) is 0 Å². The smallest absolute Gasteiger partial charge is 0.378 e. The van der Waals surface area contributed by atoms with Crippen LogP contribution in [-0.4, -0.2) is 25.2 Å². The molecule has 0 aliphatic carbocycles. The Balaban J connectivity index is 2.85. The molecule has 1 fully saturated rings. The Kier molecular flexibility index (Phi) is 1.70. The Morgan fingerprint density at radius 3 is 1.91 bits per heavy atom. The average molecular weight is 168 g/mol. The normalized spacial score (nSPS) is 22.5. The number of hydrogen-bond acceptors (Lipinski definition) is 2. The Labute approximate surface area is 61.3 Å². The average Bonchev–Trinajstić information content (AvgIpc) is 1.52. The van der Waals surface area contributed by atoms with Gasteiger partial charge < -0.3 is 4.74 Å². The Morgan fingerprint density at radius 1 is 1.45 bits per heavy atom. The van der Waals surface area contributed by atoms with Gasteiger partial charge in [-0.1, -0.05) is 0 Å². The lowest BCUT2D eigenvalue weighted by molar-refractivity contribution is -0.286. The van der Waals surface area contributed by atoms with Crippen molar-refractivity contribution in [3.05, 3.63) is 0 Å². The fourth-order valence-electron chi connectivity index (χ4n) is 0.873. The van der Waals surface area contributed by atoms with Gasteiger partial charge in [-0.05, 0) is 6.92 Å². The predicted octanol–water partition coefficient (Wildman–Crippen LogP) is 1.15. The van der Waals surface area contributed by atoms with Crippen molar-refractivity contribution in [1.29, 1.82) is 0 Å². The summed E-state index contributed by atoms with van der Waals surface area (Å²) in [5, 5.41) is 0. The number of carbonyl (C=O) groups is 1. The molecular weight excluding hydrogens is 161 g/mol. The maximum absolute atomic E-state index is 12.1. The standard InChI is InChI=1S/C6H7F3O2/c1-4(10)5(2-11-3-5)6(7,8)9/h2-3H2,1H3. The second-order valence-electron chi connectivity index (χ2n) is 2.63. The Morgan fingerprint density at radius 2 is 1.91 bits per heavy atom. The molecule has 0 spiro atoms. The highest BCUT2D eigenvalue weighted by Gasteiger charge is 2.63. The molecule has 64 valence electrons. The van der Waals surface area contributed by atoms with Crippen LogP contribution in [0.15, 0.2) is 0 Å². The fraction of sp³-hybridized carbons (Fsp3) is 0.833. The molecular formula is C6H7F3O2. The molecule has 0 saturated carbocycles. The van der Waals surface area contributed by atoms with Crippen LogP contribution in [0.2, 0.25) is 0 Å². The predicted molar refractivity (Wildman–Crippen MR) is 30.0 cm³/mol. The van der Waals surface area contributed by atoms with E-state index in [-0.39, 0.29) is 0 Å². The van der Waals surface area contributed by atoms with Crippen molar-refractivity contribution in [2.75, 3.05) is 13.2 Å². The van der Waals surface area contributed by atoms with Crippen LogP contribution in [0.25, 0.3) is 0 Å². The lowest BCUT2D eigenvalue weighted by Crippen LogP contribution is -2.58. The van der Waals surface area contributed by atoms with E-state index in [1.165, 1.54) is 0 Å². The van der Waals surface area contributed by atoms with Crippen molar-refractivity contribution >= 4 is 5.78 Å². The van der Waals surface area contributed by atoms with E-state index < -0.39 is 30.6 Å². The summed E-state index contributed by atoms with van der Waals surface area (Å²) >= 11 is 0. The summed E-state index contributed by atoms with van der Waals surface area (Å²) in [4.78, 5) is 10.6. The lowest BCUT2D eigenvalue weighted by Gasteiger charge is -2.40. The van der Waals surface area contributed by atoms with Crippen molar-refractivity contribution in [2.45, 2.75) is 13.1 Å². The van der Waals surface area contributed by atoms with Crippen molar-refractivity contribution < 1.29 is 22.7 Å². The molecule has 0 aromatic carbocycles. The first-order valence-corrected chi connectivity index (χ1v) is 3.06. The van der Waals surface area contributed by atoms with Gasteiger partial charge in [0.05, 0.1) is 13.2 Å². The van der Waals surface area contributed by atoms with E-state index in [9.17, 15) is 18.0 Å².